The molecule has 0 radical (unpaired) electrons. The molecular formula is C9H15N5. The summed E-state index contributed by atoms with van der Waals surface area (Å²) in [7, 11) is 1.85. The predicted molar refractivity (Wildman–Crippen MR) is 56.5 cm³/mol. The van der Waals surface area contributed by atoms with Crippen molar-refractivity contribution in [3.05, 3.63) is 12.3 Å². The zero-order valence-corrected chi connectivity index (χ0v) is 8.25. The van der Waals surface area contributed by atoms with Crippen LogP contribution in [0.15, 0.2) is 12.3 Å². The normalized spacial score (nSPS) is 20.8. The van der Waals surface area contributed by atoms with Gasteiger partial charge in [-0.25, -0.2) is 4.98 Å². The summed E-state index contributed by atoms with van der Waals surface area (Å²) in [6, 6.07) is 2.31. The second-order valence-corrected chi connectivity index (χ2v) is 3.35. The smallest absolute Gasteiger partial charge is 0.224 e. The third kappa shape index (κ3) is 2.11. The van der Waals surface area contributed by atoms with Crippen LogP contribution in [-0.2, 0) is 0 Å². The van der Waals surface area contributed by atoms with E-state index in [0.717, 1.165) is 25.3 Å². The Labute approximate surface area is 83.3 Å². The first-order chi connectivity index (χ1) is 6.88. The molecular weight excluding hydrogens is 178 g/mol. The van der Waals surface area contributed by atoms with Crippen LogP contribution in [0.2, 0.25) is 0 Å². The van der Waals surface area contributed by atoms with E-state index in [9.17, 15) is 0 Å². The first kappa shape index (κ1) is 9.21. The predicted octanol–water partition coefficient (Wildman–Crippen LogP) is 0.292. The summed E-state index contributed by atoms with van der Waals surface area (Å²) in [6.07, 6.45) is 2.89. The van der Waals surface area contributed by atoms with E-state index in [1.54, 1.807) is 6.20 Å². The third-order valence-corrected chi connectivity index (χ3v) is 2.31. The SMILES string of the molecule is CNc1ccnc(NC2CCNC2)n1. The lowest BCUT2D eigenvalue weighted by Gasteiger charge is -2.11. The summed E-state index contributed by atoms with van der Waals surface area (Å²) < 4.78 is 0. The van der Waals surface area contributed by atoms with Gasteiger partial charge in [0.1, 0.15) is 5.82 Å². The van der Waals surface area contributed by atoms with Crippen molar-refractivity contribution in [1.29, 1.82) is 0 Å². The van der Waals surface area contributed by atoms with Gasteiger partial charge in [0, 0.05) is 25.8 Å². The third-order valence-electron chi connectivity index (χ3n) is 2.31. The van der Waals surface area contributed by atoms with Gasteiger partial charge >= 0.3 is 0 Å². The van der Waals surface area contributed by atoms with Gasteiger partial charge in [0.05, 0.1) is 0 Å². The van der Waals surface area contributed by atoms with Gasteiger partial charge in [-0.15, -0.1) is 0 Å². The Bertz CT molecular complexity index is 295. The van der Waals surface area contributed by atoms with Gasteiger partial charge in [-0.1, -0.05) is 0 Å². The summed E-state index contributed by atoms with van der Waals surface area (Å²) >= 11 is 0. The molecule has 5 nitrogen and oxygen atoms in total. The summed E-state index contributed by atoms with van der Waals surface area (Å²) in [4.78, 5) is 8.45. The highest BCUT2D eigenvalue weighted by molar-refractivity contribution is 5.39. The van der Waals surface area contributed by atoms with E-state index in [0.29, 0.717) is 12.0 Å². The van der Waals surface area contributed by atoms with Crippen molar-refractivity contribution < 1.29 is 0 Å². The maximum Gasteiger partial charge on any atom is 0.224 e. The Morgan fingerprint density at radius 1 is 1.57 bits per heavy atom. The van der Waals surface area contributed by atoms with Gasteiger partial charge in [0.25, 0.3) is 0 Å². The summed E-state index contributed by atoms with van der Waals surface area (Å²) in [5.74, 6) is 1.54. The monoisotopic (exact) mass is 193 g/mol. The van der Waals surface area contributed by atoms with E-state index < -0.39 is 0 Å². The number of nitrogens with one attached hydrogen (secondary N) is 3. The van der Waals surface area contributed by atoms with Crippen molar-refractivity contribution in [2.45, 2.75) is 12.5 Å². The standard InChI is InChI=1S/C9H15N5/c1-10-8-3-5-12-9(14-8)13-7-2-4-11-6-7/h3,5,7,11H,2,4,6H2,1H3,(H2,10,12,13,14). The van der Waals surface area contributed by atoms with E-state index in [-0.39, 0.29) is 0 Å². The van der Waals surface area contributed by atoms with Crippen molar-refractivity contribution >= 4 is 11.8 Å². The van der Waals surface area contributed by atoms with E-state index in [1.807, 2.05) is 13.1 Å². The molecule has 0 aromatic carbocycles. The summed E-state index contributed by atoms with van der Waals surface area (Å²) in [5, 5.41) is 9.56. The Hall–Kier alpha value is -1.36. The van der Waals surface area contributed by atoms with E-state index >= 15 is 0 Å². The van der Waals surface area contributed by atoms with E-state index in [1.165, 1.54) is 0 Å². The van der Waals surface area contributed by atoms with Crippen LogP contribution in [0, 0.1) is 0 Å². The highest BCUT2D eigenvalue weighted by Gasteiger charge is 2.14. The van der Waals surface area contributed by atoms with Gasteiger partial charge in [0.2, 0.25) is 5.95 Å². The molecule has 2 rings (SSSR count). The Kier molecular flexibility index (Phi) is 2.78. The van der Waals surface area contributed by atoms with E-state index in [4.69, 9.17) is 0 Å². The van der Waals surface area contributed by atoms with E-state index in [2.05, 4.69) is 25.9 Å². The molecule has 1 saturated heterocycles. The second kappa shape index (κ2) is 4.23. The molecule has 3 N–H and O–H groups in total. The highest BCUT2D eigenvalue weighted by atomic mass is 15.2. The minimum atomic E-state index is 0.460. The van der Waals surface area contributed by atoms with Crippen LogP contribution < -0.4 is 16.0 Å². The van der Waals surface area contributed by atoms with Crippen LogP contribution in [-0.4, -0.2) is 36.1 Å². The average molecular weight is 193 g/mol. The second-order valence-electron chi connectivity index (χ2n) is 3.35. The molecule has 1 aromatic rings. The average Bonchev–Trinajstić information content (AvgIpc) is 2.71. The van der Waals surface area contributed by atoms with Crippen molar-refractivity contribution in [2.75, 3.05) is 30.8 Å². The Morgan fingerprint density at radius 2 is 2.50 bits per heavy atom. The van der Waals surface area contributed by atoms with Crippen LogP contribution in [0.25, 0.3) is 0 Å². The molecule has 2 heterocycles. The first-order valence-electron chi connectivity index (χ1n) is 4.86. The molecule has 0 bridgehead atoms. The van der Waals surface area contributed by atoms with Crippen LogP contribution in [0.5, 0.6) is 0 Å². The lowest BCUT2D eigenvalue weighted by Crippen LogP contribution is -2.23. The molecule has 1 aliphatic rings. The molecule has 1 aromatic heterocycles. The fourth-order valence-corrected chi connectivity index (χ4v) is 1.53. The molecule has 5 heteroatoms. The first-order valence-corrected chi connectivity index (χ1v) is 4.86. The van der Waals surface area contributed by atoms with Crippen molar-refractivity contribution in [1.82, 2.24) is 15.3 Å². The van der Waals surface area contributed by atoms with Gasteiger partial charge in [0.15, 0.2) is 0 Å². The zero-order valence-electron chi connectivity index (χ0n) is 8.25. The van der Waals surface area contributed by atoms with Crippen LogP contribution in [0.3, 0.4) is 0 Å². The summed E-state index contributed by atoms with van der Waals surface area (Å²) in [6.45, 7) is 2.07. The number of aromatic nitrogens is 2. The molecule has 76 valence electrons. The number of hydrogen-bond donors (Lipinski definition) is 3. The maximum absolute atomic E-state index is 4.29. The van der Waals surface area contributed by atoms with Crippen LogP contribution in [0.1, 0.15) is 6.42 Å². The van der Waals surface area contributed by atoms with Crippen LogP contribution in [0.4, 0.5) is 11.8 Å². The van der Waals surface area contributed by atoms with Gasteiger partial charge in [-0.3, -0.25) is 0 Å². The molecule has 0 spiro atoms. The molecule has 1 unspecified atom stereocenters. The Morgan fingerprint density at radius 3 is 3.21 bits per heavy atom. The molecule has 14 heavy (non-hydrogen) atoms. The minimum Gasteiger partial charge on any atom is -0.373 e. The molecule has 1 fully saturated rings. The van der Waals surface area contributed by atoms with Gasteiger partial charge in [-0.05, 0) is 19.0 Å². The topological polar surface area (TPSA) is 61.9 Å². The number of rotatable bonds is 3. The molecule has 1 aliphatic heterocycles. The molecule has 0 aliphatic carbocycles. The zero-order chi connectivity index (χ0) is 9.80. The molecule has 0 amide bonds. The molecule has 1 atom stereocenters. The fourth-order valence-electron chi connectivity index (χ4n) is 1.53. The van der Waals surface area contributed by atoms with Crippen molar-refractivity contribution in [2.24, 2.45) is 0 Å². The lowest BCUT2D eigenvalue weighted by atomic mass is 10.3. The maximum atomic E-state index is 4.29. The summed E-state index contributed by atoms with van der Waals surface area (Å²) in [5.41, 5.74) is 0. The van der Waals surface area contributed by atoms with Crippen molar-refractivity contribution in [3.63, 3.8) is 0 Å². The minimum absolute atomic E-state index is 0.460. The largest absolute Gasteiger partial charge is 0.373 e. The quantitative estimate of drug-likeness (QED) is 0.644. The highest BCUT2D eigenvalue weighted by Crippen LogP contribution is 2.08. The van der Waals surface area contributed by atoms with Gasteiger partial charge < -0.3 is 16.0 Å². The van der Waals surface area contributed by atoms with Crippen molar-refractivity contribution in [3.8, 4) is 0 Å². The number of anilines is 2. The Balaban J connectivity index is 2.00. The van der Waals surface area contributed by atoms with Crippen LogP contribution >= 0.6 is 0 Å². The lowest BCUT2D eigenvalue weighted by molar-refractivity contribution is 0.781. The van der Waals surface area contributed by atoms with Gasteiger partial charge in [-0.2, -0.15) is 4.98 Å². The fraction of sp³-hybridized carbons (Fsp3) is 0.556. The number of hydrogen-bond acceptors (Lipinski definition) is 5. The number of nitrogens with zero attached hydrogens (tertiary/aromatic N) is 2. The molecule has 0 saturated carbocycles.